The lowest BCUT2D eigenvalue weighted by atomic mass is 10.1. The normalized spacial score (nSPS) is 11.3. The topological polar surface area (TPSA) is 27.7 Å². The Bertz CT molecular complexity index is 714. The number of rotatable bonds is 4. The number of hydrogen-bond donors (Lipinski definition) is 0. The minimum atomic E-state index is -4.76. The Kier molecular flexibility index (Phi) is 5.09. The molecule has 2 rings (SSSR count). The summed E-state index contributed by atoms with van der Waals surface area (Å²) in [7, 11) is 1.35. The van der Waals surface area contributed by atoms with Gasteiger partial charge in [0.1, 0.15) is 11.5 Å². The molecule has 7 heteroatoms. The highest BCUT2D eigenvalue weighted by molar-refractivity contribution is 9.10. The minimum absolute atomic E-state index is 0.142. The van der Waals surface area contributed by atoms with Gasteiger partial charge in [-0.2, -0.15) is 0 Å². The Morgan fingerprint density at radius 2 is 1.65 bits per heavy atom. The van der Waals surface area contributed by atoms with Crippen molar-refractivity contribution in [3.8, 4) is 23.0 Å². The molecule has 0 saturated carbocycles. The molecule has 0 bridgehead atoms. The molecule has 0 aliphatic carbocycles. The van der Waals surface area contributed by atoms with Crippen molar-refractivity contribution in [1.82, 2.24) is 0 Å². The highest BCUT2D eigenvalue weighted by atomic mass is 79.9. The van der Waals surface area contributed by atoms with Crippen molar-refractivity contribution in [2.45, 2.75) is 20.2 Å². The number of aryl methyl sites for hydroxylation is 1. The monoisotopic (exact) mass is 390 g/mol. The molecule has 2 aromatic carbocycles. The molecule has 2 aromatic rings. The van der Waals surface area contributed by atoms with E-state index < -0.39 is 6.36 Å². The number of ether oxygens (including phenoxy) is 3. The van der Waals surface area contributed by atoms with E-state index in [4.69, 9.17) is 9.47 Å². The molecule has 0 aromatic heterocycles. The molecule has 0 unspecified atom stereocenters. The number of alkyl halides is 3. The Morgan fingerprint density at radius 1 is 0.957 bits per heavy atom. The zero-order valence-corrected chi connectivity index (χ0v) is 14.2. The molecule has 0 N–H and O–H groups in total. The first kappa shape index (κ1) is 17.5. The van der Waals surface area contributed by atoms with E-state index in [-0.39, 0.29) is 11.5 Å². The van der Waals surface area contributed by atoms with Crippen molar-refractivity contribution >= 4 is 15.9 Å². The lowest BCUT2D eigenvalue weighted by Gasteiger charge is -2.15. The molecule has 124 valence electrons. The standard InChI is InChI=1S/C16H14BrF3O3/c1-9-6-11(17)7-14(10(9)2)22-13-5-4-12(8-15(13)21-3)23-16(18,19)20/h4-8H,1-3H3. The van der Waals surface area contributed by atoms with E-state index in [1.165, 1.54) is 19.2 Å². The second kappa shape index (κ2) is 6.70. The van der Waals surface area contributed by atoms with E-state index >= 15 is 0 Å². The first-order chi connectivity index (χ1) is 10.7. The summed E-state index contributed by atoms with van der Waals surface area (Å²) in [5.74, 6) is 0.648. The van der Waals surface area contributed by atoms with Crippen molar-refractivity contribution in [2.75, 3.05) is 7.11 Å². The predicted octanol–water partition coefficient (Wildman–Crippen LogP) is 5.77. The molecule has 3 nitrogen and oxygen atoms in total. The fourth-order valence-electron chi connectivity index (χ4n) is 1.94. The molecule has 0 spiro atoms. The van der Waals surface area contributed by atoms with Gasteiger partial charge in [0.15, 0.2) is 11.5 Å². The van der Waals surface area contributed by atoms with E-state index in [0.29, 0.717) is 11.5 Å². The van der Waals surface area contributed by atoms with Crippen LogP contribution in [-0.2, 0) is 0 Å². The van der Waals surface area contributed by atoms with Crippen molar-refractivity contribution in [3.63, 3.8) is 0 Å². The average Bonchev–Trinajstić information content (AvgIpc) is 2.44. The average molecular weight is 391 g/mol. The van der Waals surface area contributed by atoms with Crippen molar-refractivity contribution in [3.05, 3.63) is 45.9 Å². The van der Waals surface area contributed by atoms with Crippen LogP contribution in [-0.4, -0.2) is 13.5 Å². The summed E-state index contributed by atoms with van der Waals surface area (Å²) in [4.78, 5) is 0. The van der Waals surface area contributed by atoms with Gasteiger partial charge in [-0.15, -0.1) is 13.2 Å². The van der Waals surface area contributed by atoms with Crippen LogP contribution < -0.4 is 14.2 Å². The third kappa shape index (κ3) is 4.54. The Balaban J connectivity index is 2.34. The maximum atomic E-state index is 12.3. The SMILES string of the molecule is COc1cc(OC(F)(F)F)ccc1Oc1cc(Br)cc(C)c1C. The quantitative estimate of drug-likeness (QED) is 0.663. The Morgan fingerprint density at radius 3 is 2.26 bits per heavy atom. The van der Waals surface area contributed by atoms with E-state index in [0.717, 1.165) is 21.7 Å². The van der Waals surface area contributed by atoms with Gasteiger partial charge in [-0.25, -0.2) is 0 Å². The van der Waals surface area contributed by atoms with Crippen molar-refractivity contribution < 1.29 is 27.4 Å². The maximum absolute atomic E-state index is 12.3. The van der Waals surface area contributed by atoms with Gasteiger partial charge in [0.2, 0.25) is 0 Å². The van der Waals surface area contributed by atoms with Gasteiger partial charge in [-0.05, 0) is 49.2 Å². The molecule has 0 heterocycles. The summed E-state index contributed by atoms with van der Waals surface area (Å²) >= 11 is 3.38. The van der Waals surface area contributed by atoms with Crippen LogP contribution in [0, 0.1) is 13.8 Å². The van der Waals surface area contributed by atoms with Gasteiger partial charge in [-0.1, -0.05) is 15.9 Å². The second-order valence-electron chi connectivity index (χ2n) is 4.81. The van der Waals surface area contributed by atoms with Crippen LogP contribution in [0.4, 0.5) is 13.2 Å². The van der Waals surface area contributed by atoms with Crippen LogP contribution in [0.1, 0.15) is 11.1 Å². The van der Waals surface area contributed by atoms with Gasteiger partial charge in [0.05, 0.1) is 7.11 Å². The highest BCUT2D eigenvalue weighted by Crippen LogP contribution is 2.38. The van der Waals surface area contributed by atoms with E-state index in [1.54, 1.807) is 6.07 Å². The first-order valence-corrected chi connectivity index (χ1v) is 7.37. The van der Waals surface area contributed by atoms with E-state index in [9.17, 15) is 13.2 Å². The molecular weight excluding hydrogens is 377 g/mol. The molecule has 0 aliphatic rings. The van der Waals surface area contributed by atoms with Crippen LogP contribution in [0.5, 0.6) is 23.0 Å². The highest BCUT2D eigenvalue weighted by Gasteiger charge is 2.31. The third-order valence-corrected chi connectivity index (χ3v) is 3.63. The molecular formula is C16H14BrF3O3. The molecule has 0 amide bonds. The molecule has 0 atom stereocenters. The van der Waals surface area contributed by atoms with Crippen LogP contribution in [0.2, 0.25) is 0 Å². The summed E-state index contributed by atoms with van der Waals surface area (Å²) in [5.41, 5.74) is 1.94. The molecule has 0 radical (unpaired) electrons. The summed E-state index contributed by atoms with van der Waals surface area (Å²) in [6, 6.07) is 7.39. The summed E-state index contributed by atoms with van der Waals surface area (Å²) in [6.45, 7) is 3.83. The molecule has 23 heavy (non-hydrogen) atoms. The fourth-order valence-corrected chi connectivity index (χ4v) is 2.49. The van der Waals surface area contributed by atoms with Gasteiger partial charge >= 0.3 is 6.36 Å². The van der Waals surface area contributed by atoms with Gasteiger partial charge in [-0.3, -0.25) is 0 Å². The number of hydrogen-bond acceptors (Lipinski definition) is 3. The number of methoxy groups -OCH3 is 1. The number of halogens is 4. The molecule has 0 saturated heterocycles. The van der Waals surface area contributed by atoms with Crippen molar-refractivity contribution in [2.24, 2.45) is 0 Å². The fraction of sp³-hybridized carbons (Fsp3) is 0.250. The van der Waals surface area contributed by atoms with Gasteiger partial charge < -0.3 is 14.2 Å². The summed E-state index contributed by atoms with van der Waals surface area (Å²) in [5, 5.41) is 0. The van der Waals surface area contributed by atoms with E-state index in [1.807, 2.05) is 19.9 Å². The molecule has 0 fully saturated rings. The van der Waals surface area contributed by atoms with Crippen LogP contribution in [0.15, 0.2) is 34.8 Å². The smallest absolute Gasteiger partial charge is 0.493 e. The van der Waals surface area contributed by atoms with Crippen LogP contribution >= 0.6 is 15.9 Å². The van der Waals surface area contributed by atoms with Crippen molar-refractivity contribution in [1.29, 1.82) is 0 Å². The second-order valence-corrected chi connectivity index (χ2v) is 5.72. The van der Waals surface area contributed by atoms with Crippen LogP contribution in [0.3, 0.4) is 0 Å². The van der Waals surface area contributed by atoms with E-state index in [2.05, 4.69) is 20.7 Å². The predicted molar refractivity (Wildman–Crippen MR) is 83.4 cm³/mol. The molecule has 0 aliphatic heterocycles. The Hall–Kier alpha value is -1.89. The summed E-state index contributed by atoms with van der Waals surface area (Å²) < 4.78 is 52.4. The zero-order chi connectivity index (χ0) is 17.2. The van der Waals surface area contributed by atoms with Crippen LogP contribution in [0.25, 0.3) is 0 Å². The third-order valence-electron chi connectivity index (χ3n) is 3.17. The maximum Gasteiger partial charge on any atom is 0.573 e. The lowest BCUT2D eigenvalue weighted by molar-refractivity contribution is -0.274. The lowest BCUT2D eigenvalue weighted by Crippen LogP contribution is -2.17. The van der Waals surface area contributed by atoms with Gasteiger partial charge in [0.25, 0.3) is 0 Å². The number of benzene rings is 2. The Labute approximate surface area is 140 Å². The summed E-state index contributed by atoms with van der Waals surface area (Å²) in [6.07, 6.45) is -4.76. The van der Waals surface area contributed by atoms with Gasteiger partial charge in [0, 0.05) is 10.5 Å². The largest absolute Gasteiger partial charge is 0.573 e. The minimum Gasteiger partial charge on any atom is -0.493 e. The zero-order valence-electron chi connectivity index (χ0n) is 12.6. The first-order valence-electron chi connectivity index (χ1n) is 6.58.